The van der Waals surface area contributed by atoms with E-state index in [0.29, 0.717) is 27.6 Å². The second-order valence-electron chi connectivity index (χ2n) is 4.18. The van der Waals surface area contributed by atoms with Crippen LogP contribution in [-0.2, 0) is 0 Å². The maximum atomic E-state index is 10.6. The van der Waals surface area contributed by atoms with Crippen molar-refractivity contribution in [3.8, 4) is 11.5 Å². The van der Waals surface area contributed by atoms with Crippen LogP contribution >= 0.6 is 27.5 Å². The van der Waals surface area contributed by atoms with E-state index in [1.807, 2.05) is 0 Å². The van der Waals surface area contributed by atoms with Crippen LogP contribution in [0.25, 0.3) is 0 Å². The van der Waals surface area contributed by atoms with E-state index in [2.05, 4.69) is 15.9 Å². The molecule has 0 aliphatic heterocycles. The lowest BCUT2D eigenvalue weighted by Crippen LogP contribution is -2.04. The van der Waals surface area contributed by atoms with Gasteiger partial charge in [0.25, 0.3) is 0 Å². The van der Waals surface area contributed by atoms with Gasteiger partial charge in [-0.25, -0.2) is 0 Å². The third kappa shape index (κ3) is 3.08. The fourth-order valence-corrected chi connectivity index (χ4v) is 2.84. The number of hydrogen-bond donors (Lipinski definition) is 1. The van der Waals surface area contributed by atoms with E-state index in [9.17, 15) is 5.11 Å². The summed E-state index contributed by atoms with van der Waals surface area (Å²) in [6.45, 7) is 0. The molecule has 0 aliphatic carbocycles. The maximum Gasteiger partial charge on any atom is 0.125 e. The SMILES string of the molecule is COc1ccc(OC)c(C(O)c2ccc(Cl)cc2Br)c1. The van der Waals surface area contributed by atoms with Crippen LogP contribution in [0.15, 0.2) is 40.9 Å². The van der Waals surface area contributed by atoms with Gasteiger partial charge in [0.2, 0.25) is 0 Å². The van der Waals surface area contributed by atoms with Crippen LogP contribution in [0.1, 0.15) is 17.2 Å². The zero-order valence-corrected chi connectivity index (χ0v) is 13.4. The van der Waals surface area contributed by atoms with Gasteiger partial charge in [0.1, 0.15) is 17.6 Å². The minimum absolute atomic E-state index is 0.597. The van der Waals surface area contributed by atoms with Crippen molar-refractivity contribution in [1.29, 1.82) is 0 Å². The van der Waals surface area contributed by atoms with Crippen LogP contribution in [0, 0.1) is 0 Å². The molecule has 2 rings (SSSR count). The number of aliphatic hydroxyl groups excluding tert-OH is 1. The lowest BCUT2D eigenvalue weighted by molar-refractivity contribution is 0.213. The Kier molecular flexibility index (Phi) is 4.91. The first-order valence-corrected chi connectivity index (χ1v) is 7.09. The first-order chi connectivity index (χ1) is 9.56. The number of aliphatic hydroxyl groups is 1. The quantitative estimate of drug-likeness (QED) is 0.891. The van der Waals surface area contributed by atoms with Gasteiger partial charge < -0.3 is 14.6 Å². The number of hydrogen-bond acceptors (Lipinski definition) is 3. The average Bonchev–Trinajstić information content (AvgIpc) is 2.46. The number of ether oxygens (including phenoxy) is 2. The Morgan fingerprint density at radius 3 is 2.40 bits per heavy atom. The molecule has 1 N–H and O–H groups in total. The first-order valence-electron chi connectivity index (χ1n) is 5.91. The number of rotatable bonds is 4. The van der Waals surface area contributed by atoms with Crippen molar-refractivity contribution in [1.82, 2.24) is 0 Å². The van der Waals surface area contributed by atoms with Crippen molar-refractivity contribution in [3.05, 3.63) is 57.0 Å². The molecule has 0 saturated carbocycles. The molecule has 2 aromatic rings. The van der Waals surface area contributed by atoms with Crippen molar-refractivity contribution in [2.45, 2.75) is 6.10 Å². The summed E-state index contributed by atoms with van der Waals surface area (Å²) in [5.74, 6) is 1.25. The lowest BCUT2D eigenvalue weighted by Gasteiger charge is -2.17. The molecule has 0 radical (unpaired) electrons. The van der Waals surface area contributed by atoms with Gasteiger partial charge in [0.15, 0.2) is 0 Å². The van der Waals surface area contributed by atoms with Crippen LogP contribution < -0.4 is 9.47 Å². The molecular formula is C15H14BrClO3. The standard InChI is InChI=1S/C15H14BrClO3/c1-19-10-4-6-14(20-2)12(8-10)15(18)11-5-3-9(17)7-13(11)16/h3-8,15,18H,1-2H3. The van der Waals surface area contributed by atoms with Crippen molar-refractivity contribution < 1.29 is 14.6 Å². The Labute approximate surface area is 131 Å². The molecule has 5 heteroatoms. The average molecular weight is 358 g/mol. The Hall–Kier alpha value is -1.23. The summed E-state index contributed by atoms with van der Waals surface area (Å²) < 4.78 is 11.2. The van der Waals surface area contributed by atoms with Gasteiger partial charge >= 0.3 is 0 Å². The van der Waals surface area contributed by atoms with Crippen LogP contribution in [0.2, 0.25) is 5.02 Å². The Balaban J connectivity index is 2.48. The summed E-state index contributed by atoms with van der Waals surface area (Å²) >= 11 is 9.33. The molecule has 0 heterocycles. The minimum Gasteiger partial charge on any atom is -0.497 e. The molecule has 0 bridgehead atoms. The molecule has 1 unspecified atom stereocenters. The van der Waals surface area contributed by atoms with Gasteiger partial charge in [-0.15, -0.1) is 0 Å². The molecule has 20 heavy (non-hydrogen) atoms. The van der Waals surface area contributed by atoms with Gasteiger partial charge in [-0.05, 0) is 35.9 Å². The predicted octanol–water partition coefficient (Wildman–Crippen LogP) is 4.20. The van der Waals surface area contributed by atoms with E-state index in [1.165, 1.54) is 0 Å². The molecule has 0 fully saturated rings. The van der Waals surface area contributed by atoms with Crippen molar-refractivity contribution in [3.63, 3.8) is 0 Å². The van der Waals surface area contributed by atoms with Gasteiger partial charge in [0, 0.05) is 15.1 Å². The third-order valence-corrected chi connectivity index (χ3v) is 3.91. The van der Waals surface area contributed by atoms with Crippen molar-refractivity contribution in [2.75, 3.05) is 14.2 Å². The monoisotopic (exact) mass is 356 g/mol. The molecule has 2 aromatic carbocycles. The number of halogens is 2. The maximum absolute atomic E-state index is 10.6. The lowest BCUT2D eigenvalue weighted by atomic mass is 10.0. The number of methoxy groups -OCH3 is 2. The van der Waals surface area contributed by atoms with Crippen LogP contribution in [0.5, 0.6) is 11.5 Å². The molecule has 3 nitrogen and oxygen atoms in total. The van der Waals surface area contributed by atoms with Gasteiger partial charge in [0.05, 0.1) is 14.2 Å². The highest BCUT2D eigenvalue weighted by atomic mass is 79.9. The fourth-order valence-electron chi connectivity index (χ4n) is 1.94. The molecule has 0 amide bonds. The third-order valence-electron chi connectivity index (χ3n) is 2.99. The first kappa shape index (κ1) is 15.2. The van der Waals surface area contributed by atoms with Gasteiger partial charge in [-0.1, -0.05) is 33.6 Å². The summed E-state index contributed by atoms with van der Waals surface area (Å²) in [5, 5.41) is 11.2. The van der Waals surface area contributed by atoms with Gasteiger partial charge in [-0.3, -0.25) is 0 Å². The summed E-state index contributed by atoms with van der Waals surface area (Å²) in [5.41, 5.74) is 1.34. The van der Waals surface area contributed by atoms with E-state index in [4.69, 9.17) is 21.1 Å². The molecular weight excluding hydrogens is 344 g/mol. The highest BCUT2D eigenvalue weighted by Crippen LogP contribution is 2.36. The Morgan fingerprint density at radius 1 is 1.05 bits per heavy atom. The zero-order valence-electron chi connectivity index (χ0n) is 11.1. The summed E-state index contributed by atoms with van der Waals surface area (Å²) in [6.07, 6.45) is -0.841. The van der Waals surface area contributed by atoms with E-state index < -0.39 is 6.10 Å². The van der Waals surface area contributed by atoms with E-state index >= 15 is 0 Å². The van der Waals surface area contributed by atoms with Crippen molar-refractivity contribution >= 4 is 27.5 Å². The second-order valence-corrected chi connectivity index (χ2v) is 5.47. The normalized spacial score (nSPS) is 12.1. The van der Waals surface area contributed by atoms with Crippen LogP contribution in [0.4, 0.5) is 0 Å². The Bertz CT molecular complexity index is 616. The molecule has 1 atom stereocenters. The highest BCUT2D eigenvalue weighted by molar-refractivity contribution is 9.10. The Morgan fingerprint density at radius 2 is 1.80 bits per heavy atom. The fraction of sp³-hybridized carbons (Fsp3) is 0.200. The smallest absolute Gasteiger partial charge is 0.125 e. The molecule has 0 spiro atoms. The topological polar surface area (TPSA) is 38.7 Å². The van der Waals surface area contributed by atoms with E-state index in [-0.39, 0.29) is 0 Å². The largest absolute Gasteiger partial charge is 0.497 e. The van der Waals surface area contributed by atoms with Gasteiger partial charge in [-0.2, -0.15) is 0 Å². The number of benzene rings is 2. The summed E-state index contributed by atoms with van der Waals surface area (Å²) in [6, 6.07) is 10.6. The minimum atomic E-state index is -0.841. The van der Waals surface area contributed by atoms with Crippen LogP contribution in [0.3, 0.4) is 0 Å². The van der Waals surface area contributed by atoms with Crippen LogP contribution in [-0.4, -0.2) is 19.3 Å². The second kappa shape index (κ2) is 6.48. The summed E-state index contributed by atoms with van der Waals surface area (Å²) in [4.78, 5) is 0. The van der Waals surface area contributed by atoms with Crippen molar-refractivity contribution in [2.24, 2.45) is 0 Å². The zero-order chi connectivity index (χ0) is 14.7. The van der Waals surface area contributed by atoms with E-state index in [0.717, 1.165) is 4.47 Å². The highest BCUT2D eigenvalue weighted by Gasteiger charge is 2.19. The molecule has 0 aliphatic rings. The molecule has 0 saturated heterocycles. The van der Waals surface area contributed by atoms with E-state index in [1.54, 1.807) is 50.6 Å². The molecule has 106 valence electrons. The predicted molar refractivity (Wildman–Crippen MR) is 82.8 cm³/mol. The molecule has 0 aromatic heterocycles. The summed E-state index contributed by atoms with van der Waals surface area (Å²) in [7, 11) is 3.14.